The van der Waals surface area contributed by atoms with Crippen molar-refractivity contribution in [1.82, 2.24) is 4.98 Å². The average Bonchev–Trinajstić information content (AvgIpc) is 3.16. The van der Waals surface area contributed by atoms with Gasteiger partial charge in [-0.3, -0.25) is 4.99 Å². The maximum atomic E-state index is 10.2. The SMILES string of the molecule is Cc1ccc(Cl)cc1Nc1nc(O)c(C=C2C=Nc3ccccc32)s1. The third-order valence-corrected chi connectivity index (χ3v) is 5.06. The monoisotopic (exact) mass is 367 g/mol. The molecular formula is C19H14ClN3OS. The molecule has 1 aliphatic heterocycles. The van der Waals surface area contributed by atoms with Gasteiger partial charge in [-0.25, -0.2) is 0 Å². The van der Waals surface area contributed by atoms with Crippen molar-refractivity contribution in [3.05, 3.63) is 63.5 Å². The van der Waals surface area contributed by atoms with E-state index in [0.717, 1.165) is 28.1 Å². The molecule has 1 aromatic heterocycles. The van der Waals surface area contributed by atoms with E-state index in [-0.39, 0.29) is 5.88 Å². The van der Waals surface area contributed by atoms with Crippen LogP contribution >= 0.6 is 22.9 Å². The van der Waals surface area contributed by atoms with Gasteiger partial charge in [0.1, 0.15) is 0 Å². The third-order valence-electron chi connectivity index (χ3n) is 3.92. The molecule has 25 heavy (non-hydrogen) atoms. The summed E-state index contributed by atoms with van der Waals surface area (Å²) in [6.07, 6.45) is 3.70. The molecule has 0 saturated carbocycles. The Morgan fingerprint density at radius 1 is 1.20 bits per heavy atom. The number of nitrogens with zero attached hydrogens (tertiary/aromatic N) is 2. The highest BCUT2D eigenvalue weighted by atomic mass is 35.5. The molecule has 3 aromatic rings. The number of aromatic hydroxyl groups is 1. The zero-order valence-corrected chi connectivity index (χ0v) is 14.9. The topological polar surface area (TPSA) is 57.5 Å². The Kier molecular flexibility index (Phi) is 4.03. The lowest BCUT2D eigenvalue weighted by Crippen LogP contribution is -1.91. The fraction of sp³-hybridized carbons (Fsp3) is 0.0526. The number of aryl methyl sites for hydroxylation is 1. The van der Waals surface area contributed by atoms with Gasteiger partial charge in [0.25, 0.3) is 0 Å². The van der Waals surface area contributed by atoms with Crippen LogP contribution in [0.2, 0.25) is 5.02 Å². The molecule has 0 bridgehead atoms. The lowest BCUT2D eigenvalue weighted by Gasteiger charge is -2.06. The molecule has 0 amide bonds. The molecule has 2 heterocycles. The Labute approximate surface area is 154 Å². The largest absolute Gasteiger partial charge is 0.492 e. The van der Waals surface area contributed by atoms with Crippen molar-refractivity contribution in [2.24, 2.45) is 4.99 Å². The van der Waals surface area contributed by atoms with Gasteiger partial charge in [0.05, 0.1) is 10.6 Å². The number of anilines is 2. The predicted octanol–water partition coefficient (Wildman–Crippen LogP) is 5.81. The Morgan fingerprint density at radius 3 is 2.92 bits per heavy atom. The van der Waals surface area contributed by atoms with Crippen molar-refractivity contribution in [3.63, 3.8) is 0 Å². The van der Waals surface area contributed by atoms with Crippen LogP contribution in [0.25, 0.3) is 11.6 Å². The second-order valence-electron chi connectivity index (χ2n) is 5.67. The van der Waals surface area contributed by atoms with Crippen molar-refractivity contribution < 1.29 is 5.11 Å². The van der Waals surface area contributed by atoms with E-state index in [1.165, 1.54) is 11.3 Å². The Bertz CT molecular complexity index is 1020. The second kappa shape index (κ2) is 6.35. The third kappa shape index (κ3) is 3.16. The smallest absolute Gasteiger partial charge is 0.231 e. The summed E-state index contributed by atoms with van der Waals surface area (Å²) < 4.78 is 0. The number of para-hydroxylation sites is 1. The molecule has 124 valence electrons. The number of fused-ring (bicyclic) bond motifs is 1. The second-order valence-corrected chi connectivity index (χ2v) is 7.13. The molecule has 0 aliphatic carbocycles. The minimum atomic E-state index is -0.00235. The Balaban J connectivity index is 1.65. The van der Waals surface area contributed by atoms with Gasteiger partial charge in [-0.05, 0) is 36.8 Å². The van der Waals surface area contributed by atoms with Gasteiger partial charge >= 0.3 is 0 Å². The minimum absolute atomic E-state index is 0.00235. The quantitative estimate of drug-likeness (QED) is 0.614. The standard InChI is InChI=1S/C19H14ClN3OS/c1-11-6-7-13(20)9-16(11)22-19-23-18(24)17(25-19)8-12-10-21-15-5-3-2-4-14(12)15/h2-10,24H,1H3,(H,22,23). The predicted molar refractivity (Wildman–Crippen MR) is 106 cm³/mol. The first-order valence-electron chi connectivity index (χ1n) is 7.68. The summed E-state index contributed by atoms with van der Waals surface area (Å²) in [7, 11) is 0. The first-order chi connectivity index (χ1) is 12.1. The molecule has 2 N–H and O–H groups in total. The van der Waals surface area contributed by atoms with Crippen LogP contribution in [0.4, 0.5) is 16.5 Å². The first-order valence-corrected chi connectivity index (χ1v) is 8.88. The molecule has 0 spiro atoms. The number of allylic oxidation sites excluding steroid dienone is 1. The number of aliphatic imine (C=N–C) groups is 1. The van der Waals surface area contributed by atoms with Gasteiger partial charge < -0.3 is 10.4 Å². The maximum absolute atomic E-state index is 10.2. The normalized spacial score (nSPS) is 14.1. The van der Waals surface area contributed by atoms with Crippen LogP contribution in [-0.2, 0) is 0 Å². The van der Waals surface area contributed by atoms with Gasteiger partial charge in [0.2, 0.25) is 5.88 Å². The van der Waals surface area contributed by atoms with Crippen LogP contribution in [0.3, 0.4) is 0 Å². The maximum Gasteiger partial charge on any atom is 0.231 e. The minimum Gasteiger partial charge on any atom is -0.492 e. The average molecular weight is 368 g/mol. The molecule has 0 unspecified atom stereocenters. The van der Waals surface area contributed by atoms with Crippen molar-refractivity contribution in [1.29, 1.82) is 0 Å². The lowest BCUT2D eigenvalue weighted by atomic mass is 10.1. The molecule has 4 rings (SSSR count). The fourth-order valence-electron chi connectivity index (χ4n) is 2.61. The Hall–Kier alpha value is -2.63. The van der Waals surface area contributed by atoms with Crippen LogP contribution in [0.1, 0.15) is 16.0 Å². The molecular weight excluding hydrogens is 354 g/mol. The fourth-order valence-corrected chi connectivity index (χ4v) is 3.61. The van der Waals surface area contributed by atoms with Crippen LogP contribution in [0.5, 0.6) is 5.88 Å². The first kappa shape index (κ1) is 15.9. The van der Waals surface area contributed by atoms with Crippen LogP contribution in [0, 0.1) is 6.92 Å². The molecule has 0 atom stereocenters. The van der Waals surface area contributed by atoms with Gasteiger partial charge in [-0.1, -0.05) is 47.2 Å². The number of hydrogen-bond acceptors (Lipinski definition) is 5. The van der Waals surface area contributed by atoms with Crippen molar-refractivity contribution in [2.45, 2.75) is 6.92 Å². The van der Waals surface area contributed by atoms with E-state index in [1.54, 1.807) is 6.21 Å². The zero-order chi connectivity index (χ0) is 17.4. The summed E-state index contributed by atoms with van der Waals surface area (Å²) >= 11 is 7.43. The number of aromatic nitrogens is 1. The van der Waals surface area contributed by atoms with Crippen molar-refractivity contribution >= 4 is 57.3 Å². The molecule has 1 aliphatic rings. The number of benzene rings is 2. The van der Waals surface area contributed by atoms with Gasteiger partial charge in [-0.2, -0.15) is 4.98 Å². The Morgan fingerprint density at radius 2 is 2.04 bits per heavy atom. The number of nitrogens with one attached hydrogen (secondary N) is 1. The summed E-state index contributed by atoms with van der Waals surface area (Å²) in [4.78, 5) is 9.27. The van der Waals surface area contributed by atoms with Crippen LogP contribution < -0.4 is 5.32 Å². The number of hydrogen-bond donors (Lipinski definition) is 2. The van der Waals surface area contributed by atoms with Crippen LogP contribution in [-0.4, -0.2) is 16.3 Å². The van der Waals surface area contributed by atoms with E-state index in [4.69, 9.17) is 11.6 Å². The van der Waals surface area contributed by atoms with E-state index in [0.29, 0.717) is 15.0 Å². The van der Waals surface area contributed by atoms with E-state index in [2.05, 4.69) is 15.3 Å². The van der Waals surface area contributed by atoms with Gasteiger partial charge in [-0.15, -0.1) is 0 Å². The van der Waals surface area contributed by atoms with E-state index in [1.807, 2.05) is 55.5 Å². The summed E-state index contributed by atoms with van der Waals surface area (Å²) in [5.41, 5.74) is 4.87. The van der Waals surface area contributed by atoms with E-state index >= 15 is 0 Å². The summed E-state index contributed by atoms with van der Waals surface area (Å²) in [6.45, 7) is 1.99. The van der Waals surface area contributed by atoms with Gasteiger partial charge in [0.15, 0.2) is 5.13 Å². The highest BCUT2D eigenvalue weighted by Crippen LogP contribution is 2.37. The zero-order valence-electron chi connectivity index (χ0n) is 13.3. The molecule has 0 saturated heterocycles. The summed E-state index contributed by atoms with van der Waals surface area (Å²) in [6, 6.07) is 13.5. The molecule has 6 heteroatoms. The molecule has 2 aromatic carbocycles. The number of rotatable bonds is 3. The van der Waals surface area contributed by atoms with Gasteiger partial charge in [0, 0.05) is 28.1 Å². The summed E-state index contributed by atoms with van der Waals surface area (Å²) in [5, 5.41) is 14.7. The van der Waals surface area contributed by atoms with E-state index < -0.39 is 0 Å². The van der Waals surface area contributed by atoms with E-state index in [9.17, 15) is 5.11 Å². The highest BCUT2D eigenvalue weighted by molar-refractivity contribution is 7.16. The van der Waals surface area contributed by atoms with Crippen molar-refractivity contribution in [2.75, 3.05) is 5.32 Å². The molecule has 0 fully saturated rings. The molecule has 4 nitrogen and oxygen atoms in total. The highest BCUT2D eigenvalue weighted by Gasteiger charge is 2.15. The molecule has 0 radical (unpaired) electrons. The number of thiazole rings is 1. The lowest BCUT2D eigenvalue weighted by molar-refractivity contribution is 0.457. The van der Waals surface area contributed by atoms with Crippen LogP contribution in [0.15, 0.2) is 47.5 Å². The summed E-state index contributed by atoms with van der Waals surface area (Å²) in [5.74, 6) is -0.00235. The van der Waals surface area contributed by atoms with Crippen molar-refractivity contribution in [3.8, 4) is 5.88 Å². The number of halogens is 1.